The minimum atomic E-state index is -3.48. The van der Waals surface area contributed by atoms with Gasteiger partial charge in [0.25, 0.3) is 10.0 Å². The maximum Gasteiger partial charge on any atom is 0.271 e. The molecule has 120 valence electrons. The Balaban J connectivity index is 2.08. The van der Waals surface area contributed by atoms with Crippen molar-refractivity contribution in [1.82, 2.24) is 4.90 Å². The summed E-state index contributed by atoms with van der Waals surface area (Å²) in [7, 11) is -3.48. The SMILES string of the molecule is CCN(CC)Cc1ccc(NS(=O)(=O)c2cc(C)cs2)cc1. The molecule has 1 aromatic carbocycles. The first kappa shape index (κ1) is 17.0. The molecule has 1 heterocycles. The third-order valence-corrected chi connectivity index (χ3v) is 6.42. The summed E-state index contributed by atoms with van der Waals surface area (Å²) in [6.45, 7) is 9.04. The number of anilines is 1. The third-order valence-electron chi connectivity index (χ3n) is 3.48. The van der Waals surface area contributed by atoms with Gasteiger partial charge in [-0.2, -0.15) is 0 Å². The molecule has 0 radical (unpaired) electrons. The van der Waals surface area contributed by atoms with E-state index in [1.54, 1.807) is 6.07 Å². The first-order chi connectivity index (χ1) is 10.4. The largest absolute Gasteiger partial charge is 0.300 e. The van der Waals surface area contributed by atoms with Crippen molar-refractivity contribution in [3.05, 3.63) is 46.8 Å². The van der Waals surface area contributed by atoms with Crippen LogP contribution < -0.4 is 4.72 Å². The average molecular weight is 338 g/mol. The summed E-state index contributed by atoms with van der Waals surface area (Å²) < 4.78 is 27.5. The predicted molar refractivity (Wildman–Crippen MR) is 92.9 cm³/mol. The van der Waals surface area contributed by atoms with Crippen LogP contribution in [0.5, 0.6) is 0 Å². The fourth-order valence-electron chi connectivity index (χ4n) is 2.13. The van der Waals surface area contributed by atoms with Gasteiger partial charge in [-0.3, -0.25) is 9.62 Å². The number of nitrogens with zero attached hydrogens (tertiary/aromatic N) is 1. The highest BCUT2D eigenvalue weighted by molar-refractivity contribution is 7.94. The highest BCUT2D eigenvalue weighted by Gasteiger charge is 2.16. The lowest BCUT2D eigenvalue weighted by molar-refractivity contribution is 0.296. The van der Waals surface area contributed by atoms with Gasteiger partial charge in [0.15, 0.2) is 0 Å². The Labute approximate surface area is 136 Å². The molecule has 0 unspecified atom stereocenters. The molecule has 1 N–H and O–H groups in total. The van der Waals surface area contributed by atoms with Crippen molar-refractivity contribution >= 4 is 27.0 Å². The maximum atomic E-state index is 12.3. The molecule has 4 nitrogen and oxygen atoms in total. The lowest BCUT2D eigenvalue weighted by Gasteiger charge is -2.18. The topological polar surface area (TPSA) is 49.4 Å². The zero-order chi connectivity index (χ0) is 16.2. The van der Waals surface area contributed by atoms with E-state index < -0.39 is 10.0 Å². The fraction of sp³-hybridized carbons (Fsp3) is 0.375. The van der Waals surface area contributed by atoms with Gasteiger partial charge in [-0.25, -0.2) is 8.42 Å². The van der Waals surface area contributed by atoms with E-state index in [9.17, 15) is 8.42 Å². The van der Waals surface area contributed by atoms with Crippen molar-refractivity contribution < 1.29 is 8.42 Å². The fourth-order valence-corrected chi connectivity index (χ4v) is 4.42. The predicted octanol–water partition coefficient (Wildman–Crippen LogP) is 3.70. The first-order valence-corrected chi connectivity index (χ1v) is 9.70. The Bertz CT molecular complexity index is 702. The summed E-state index contributed by atoms with van der Waals surface area (Å²) in [6.07, 6.45) is 0. The van der Waals surface area contributed by atoms with Crippen LogP contribution >= 0.6 is 11.3 Å². The van der Waals surface area contributed by atoms with Crippen LogP contribution in [0, 0.1) is 6.92 Å². The van der Waals surface area contributed by atoms with Crippen LogP contribution in [-0.4, -0.2) is 26.4 Å². The molecule has 0 atom stereocenters. The highest BCUT2D eigenvalue weighted by Crippen LogP contribution is 2.23. The molecule has 2 aromatic rings. The molecule has 0 aliphatic rings. The molecule has 22 heavy (non-hydrogen) atoms. The van der Waals surface area contributed by atoms with Crippen molar-refractivity contribution in [1.29, 1.82) is 0 Å². The van der Waals surface area contributed by atoms with Gasteiger partial charge in [-0.15, -0.1) is 11.3 Å². The van der Waals surface area contributed by atoms with Gasteiger partial charge in [-0.1, -0.05) is 26.0 Å². The summed E-state index contributed by atoms with van der Waals surface area (Å²) in [4.78, 5) is 2.31. The van der Waals surface area contributed by atoms with Gasteiger partial charge in [0.2, 0.25) is 0 Å². The summed E-state index contributed by atoms with van der Waals surface area (Å²) >= 11 is 1.24. The number of thiophene rings is 1. The van der Waals surface area contributed by atoms with Gasteiger partial charge in [-0.05, 0) is 54.7 Å². The van der Waals surface area contributed by atoms with Crippen LogP contribution in [0.1, 0.15) is 25.0 Å². The lowest BCUT2D eigenvalue weighted by atomic mass is 10.2. The smallest absolute Gasteiger partial charge is 0.271 e. The lowest BCUT2D eigenvalue weighted by Crippen LogP contribution is -2.22. The first-order valence-electron chi connectivity index (χ1n) is 7.34. The Morgan fingerprint density at radius 3 is 2.27 bits per heavy atom. The monoisotopic (exact) mass is 338 g/mol. The summed E-state index contributed by atoms with van der Waals surface area (Å²) in [5.41, 5.74) is 2.73. The van der Waals surface area contributed by atoms with Gasteiger partial charge in [0, 0.05) is 12.2 Å². The summed E-state index contributed by atoms with van der Waals surface area (Å²) in [5.74, 6) is 0. The van der Waals surface area contributed by atoms with Crippen molar-refractivity contribution in [3.8, 4) is 0 Å². The molecule has 0 spiro atoms. The van der Waals surface area contributed by atoms with E-state index >= 15 is 0 Å². The van der Waals surface area contributed by atoms with Gasteiger partial charge in [0.1, 0.15) is 4.21 Å². The second-order valence-electron chi connectivity index (χ2n) is 5.21. The Morgan fingerprint density at radius 1 is 1.14 bits per heavy atom. The Hall–Kier alpha value is -1.37. The van der Waals surface area contributed by atoms with Crippen LogP contribution in [0.25, 0.3) is 0 Å². The molecule has 0 saturated heterocycles. The zero-order valence-corrected chi connectivity index (χ0v) is 14.8. The number of benzene rings is 1. The van der Waals surface area contributed by atoms with Gasteiger partial charge in [0.05, 0.1) is 0 Å². The molecule has 0 bridgehead atoms. The minimum Gasteiger partial charge on any atom is -0.300 e. The van der Waals surface area contributed by atoms with Crippen molar-refractivity contribution in [2.75, 3.05) is 17.8 Å². The number of hydrogen-bond donors (Lipinski definition) is 1. The molecule has 0 amide bonds. The minimum absolute atomic E-state index is 0.345. The zero-order valence-electron chi connectivity index (χ0n) is 13.2. The molecule has 0 aliphatic heterocycles. The standard InChI is InChI=1S/C16H22N2O2S2/c1-4-18(5-2)11-14-6-8-15(9-7-14)17-22(19,20)16-10-13(3)12-21-16/h6-10,12,17H,4-5,11H2,1-3H3. The summed E-state index contributed by atoms with van der Waals surface area (Å²) in [6, 6.07) is 9.25. The molecule has 2 rings (SSSR count). The third kappa shape index (κ3) is 4.32. The average Bonchev–Trinajstić information content (AvgIpc) is 2.94. The van der Waals surface area contributed by atoms with Crippen LogP contribution in [0.2, 0.25) is 0 Å². The summed E-state index contributed by atoms with van der Waals surface area (Å²) in [5, 5.41) is 1.84. The van der Waals surface area contributed by atoms with Crippen LogP contribution in [0.3, 0.4) is 0 Å². The molecular formula is C16H22N2O2S2. The van der Waals surface area contributed by atoms with E-state index in [0.29, 0.717) is 9.90 Å². The van der Waals surface area contributed by atoms with Gasteiger partial charge < -0.3 is 0 Å². The van der Waals surface area contributed by atoms with Crippen molar-refractivity contribution in [2.24, 2.45) is 0 Å². The Kier molecular flexibility index (Phi) is 5.61. The molecule has 6 heteroatoms. The van der Waals surface area contributed by atoms with Crippen LogP contribution in [-0.2, 0) is 16.6 Å². The molecule has 0 fully saturated rings. The second kappa shape index (κ2) is 7.26. The molecule has 1 aromatic heterocycles. The molecule has 0 saturated carbocycles. The van der Waals surface area contributed by atoms with E-state index in [4.69, 9.17) is 0 Å². The maximum absolute atomic E-state index is 12.3. The van der Waals surface area contributed by atoms with E-state index in [-0.39, 0.29) is 0 Å². The quantitative estimate of drug-likeness (QED) is 0.837. The van der Waals surface area contributed by atoms with E-state index in [0.717, 1.165) is 25.2 Å². The van der Waals surface area contributed by atoms with Gasteiger partial charge >= 0.3 is 0 Å². The molecule has 0 aliphatic carbocycles. The highest BCUT2D eigenvalue weighted by atomic mass is 32.2. The molecular weight excluding hydrogens is 316 g/mol. The van der Waals surface area contributed by atoms with Crippen LogP contribution in [0.15, 0.2) is 39.9 Å². The van der Waals surface area contributed by atoms with Crippen molar-refractivity contribution in [3.63, 3.8) is 0 Å². The number of rotatable bonds is 7. The number of nitrogens with one attached hydrogen (secondary N) is 1. The number of hydrogen-bond acceptors (Lipinski definition) is 4. The number of aryl methyl sites for hydroxylation is 1. The van der Waals surface area contributed by atoms with E-state index in [1.807, 2.05) is 36.6 Å². The van der Waals surface area contributed by atoms with E-state index in [1.165, 1.54) is 16.9 Å². The normalized spacial score (nSPS) is 11.8. The second-order valence-corrected chi connectivity index (χ2v) is 8.03. The van der Waals surface area contributed by atoms with E-state index in [2.05, 4.69) is 23.5 Å². The number of sulfonamides is 1. The van der Waals surface area contributed by atoms with Crippen molar-refractivity contribution in [2.45, 2.75) is 31.5 Å². The Morgan fingerprint density at radius 2 is 1.77 bits per heavy atom. The van der Waals surface area contributed by atoms with Crippen LogP contribution in [0.4, 0.5) is 5.69 Å².